The topological polar surface area (TPSA) is 60.4 Å². The van der Waals surface area contributed by atoms with Crippen molar-refractivity contribution in [2.75, 3.05) is 7.11 Å². The number of rotatable bonds is 2. The van der Waals surface area contributed by atoms with Crippen LogP contribution in [0.1, 0.15) is 39.5 Å². The van der Waals surface area contributed by atoms with Gasteiger partial charge in [0.15, 0.2) is 17.3 Å². The fraction of sp³-hybridized carbons (Fsp3) is 0.533. The molecule has 0 amide bonds. The predicted octanol–water partition coefficient (Wildman–Crippen LogP) is 2.13. The highest BCUT2D eigenvalue weighted by atomic mass is 16.5. The number of ether oxygens (including phenoxy) is 1. The third kappa shape index (κ3) is 2.15. The van der Waals surface area contributed by atoms with Gasteiger partial charge in [-0.2, -0.15) is 0 Å². The van der Waals surface area contributed by atoms with Crippen LogP contribution in [0.3, 0.4) is 0 Å². The summed E-state index contributed by atoms with van der Waals surface area (Å²) in [6.07, 6.45) is 2.33. The quantitative estimate of drug-likeness (QED) is 0.565. The fourth-order valence-corrected chi connectivity index (χ4v) is 2.72. The predicted molar refractivity (Wildman–Crippen MR) is 69.4 cm³/mol. The maximum Gasteiger partial charge on any atom is 0.224 e. The summed E-state index contributed by atoms with van der Waals surface area (Å²) in [5, 5.41) is 0. The highest BCUT2D eigenvalue weighted by Crippen LogP contribution is 2.34. The molecule has 0 saturated carbocycles. The summed E-state index contributed by atoms with van der Waals surface area (Å²) < 4.78 is 5.14. The maximum absolute atomic E-state index is 12.5. The zero-order valence-corrected chi connectivity index (χ0v) is 11.5. The van der Waals surface area contributed by atoms with E-state index in [0.29, 0.717) is 24.0 Å². The number of Topliss-reactive ketones (excluding diaryl/α,β-unsaturated/α-hetero) is 3. The van der Waals surface area contributed by atoms with E-state index in [1.807, 2.05) is 13.8 Å². The van der Waals surface area contributed by atoms with Crippen LogP contribution in [-0.4, -0.2) is 24.5 Å². The van der Waals surface area contributed by atoms with Crippen molar-refractivity contribution in [3.05, 3.63) is 22.5 Å². The van der Waals surface area contributed by atoms with Gasteiger partial charge in [-0.25, -0.2) is 0 Å². The summed E-state index contributed by atoms with van der Waals surface area (Å²) in [5.41, 5.74) is 0.808. The minimum atomic E-state index is -0.312. The molecule has 0 spiro atoms. The second kappa shape index (κ2) is 5.11. The average molecular weight is 262 g/mol. The van der Waals surface area contributed by atoms with Gasteiger partial charge in [-0.15, -0.1) is 0 Å². The van der Waals surface area contributed by atoms with Gasteiger partial charge in [0.1, 0.15) is 0 Å². The highest BCUT2D eigenvalue weighted by Gasteiger charge is 2.39. The maximum atomic E-state index is 12.5. The molecular weight excluding hydrogens is 244 g/mol. The summed E-state index contributed by atoms with van der Waals surface area (Å²) in [5.74, 6) is -0.812. The van der Waals surface area contributed by atoms with Crippen LogP contribution < -0.4 is 0 Å². The van der Waals surface area contributed by atoms with E-state index in [2.05, 4.69) is 0 Å². The Hall–Kier alpha value is -1.71. The highest BCUT2D eigenvalue weighted by molar-refractivity contribution is 6.35. The van der Waals surface area contributed by atoms with Crippen molar-refractivity contribution < 1.29 is 19.1 Å². The minimum absolute atomic E-state index is 0.118. The lowest BCUT2D eigenvalue weighted by atomic mass is 9.81. The molecular formula is C15H18O4. The molecule has 0 heterocycles. The molecule has 0 unspecified atom stereocenters. The van der Waals surface area contributed by atoms with E-state index in [1.165, 1.54) is 7.11 Å². The first kappa shape index (κ1) is 13.7. The zero-order chi connectivity index (χ0) is 14.2. The molecule has 0 aromatic rings. The fourth-order valence-electron chi connectivity index (χ4n) is 2.72. The Morgan fingerprint density at radius 1 is 1.00 bits per heavy atom. The Kier molecular flexibility index (Phi) is 3.69. The van der Waals surface area contributed by atoms with Gasteiger partial charge in [0, 0.05) is 17.6 Å². The van der Waals surface area contributed by atoms with Crippen LogP contribution in [0.25, 0.3) is 0 Å². The van der Waals surface area contributed by atoms with E-state index in [-0.39, 0.29) is 34.6 Å². The third-order valence-corrected chi connectivity index (χ3v) is 3.64. The van der Waals surface area contributed by atoms with E-state index in [1.54, 1.807) is 0 Å². The smallest absolute Gasteiger partial charge is 0.224 e. The van der Waals surface area contributed by atoms with E-state index < -0.39 is 0 Å². The lowest BCUT2D eigenvalue weighted by Crippen LogP contribution is -2.30. The molecule has 0 saturated heterocycles. The van der Waals surface area contributed by atoms with Crippen molar-refractivity contribution in [2.24, 2.45) is 5.92 Å². The summed E-state index contributed by atoms with van der Waals surface area (Å²) in [4.78, 5) is 37.0. The number of carbonyl (C=O) groups is 3. The zero-order valence-electron chi connectivity index (χ0n) is 11.5. The first-order chi connectivity index (χ1) is 8.99. The molecule has 102 valence electrons. The van der Waals surface area contributed by atoms with Crippen LogP contribution in [0.5, 0.6) is 0 Å². The number of hydrogen-bond acceptors (Lipinski definition) is 4. The second-order valence-electron chi connectivity index (χ2n) is 5.24. The van der Waals surface area contributed by atoms with Crippen LogP contribution in [0.4, 0.5) is 0 Å². The average Bonchev–Trinajstić information content (AvgIpc) is 2.55. The van der Waals surface area contributed by atoms with Crippen molar-refractivity contribution in [3.8, 4) is 0 Å². The number of ketones is 3. The number of methoxy groups -OCH3 is 1. The lowest BCUT2D eigenvalue weighted by molar-refractivity contribution is -0.123. The summed E-state index contributed by atoms with van der Waals surface area (Å²) in [7, 11) is 1.40. The molecule has 0 fully saturated rings. The molecule has 0 atom stereocenters. The molecule has 2 aliphatic carbocycles. The van der Waals surface area contributed by atoms with Crippen molar-refractivity contribution in [2.45, 2.75) is 39.5 Å². The van der Waals surface area contributed by atoms with Gasteiger partial charge in [-0.05, 0) is 25.2 Å². The lowest BCUT2D eigenvalue weighted by Gasteiger charge is -2.23. The summed E-state index contributed by atoms with van der Waals surface area (Å²) in [6, 6.07) is 0. The van der Waals surface area contributed by atoms with Gasteiger partial charge in [0.2, 0.25) is 5.78 Å². The van der Waals surface area contributed by atoms with Gasteiger partial charge in [0.25, 0.3) is 0 Å². The van der Waals surface area contributed by atoms with Crippen LogP contribution in [-0.2, 0) is 19.1 Å². The van der Waals surface area contributed by atoms with E-state index >= 15 is 0 Å². The Balaban J connectivity index is 2.60. The monoisotopic (exact) mass is 262 g/mol. The van der Waals surface area contributed by atoms with E-state index in [9.17, 15) is 14.4 Å². The molecule has 0 N–H and O–H groups in total. The van der Waals surface area contributed by atoms with Gasteiger partial charge in [-0.1, -0.05) is 13.8 Å². The second-order valence-corrected chi connectivity index (χ2v) is 5.24. The van der Waals surface area contributed by atoms with E-state index in [4.69, 9.17) is 4.74 Å². The summed E-state index contributed by atoms with van der Waals surface area (Å²) in [6.45, 7) is 3.65. The van der Waals surface area contributed by atoms with Crippen molar-refractivity contribution in [1.29, 1.82) is 0 Å². The first-order valence-corrected chi connectivity index (χ1v) is 6.63. The van der Waals surface area contributed by atoms with Crippen LogP contribution in [0.2, 0.25) is 0 Å². The molecule has 19 heavy (non-hydrogen) atoms. The van der Waals surface area contributed by atoms with Crippen LogP contribution in [0.15, 0.2) is 22.5 Å². The Labute approximate surface area is 112 Å². The molecule has 0 aliphatic heterocycles. The van der Waals surface area contributed by atoms with Gasteiger partial charge in [-0.3, -0.25) is 14.4 Å². The molecule has 4 nitrogen and oxygen atoms in total. The molecule has 4 heteroatoms. The SMILES string of the molecule is COC1=C(C(C)C)C(=O)C2=C(CCCCC2=O)C1=O. The number of carbonyl (C=O) groups excluding carboxylic acids is 3. The van der Waals surface area contributed by atoms with Crippen LogP contribution >= 0.6 is 0 Å². The van der Waals surface area contributed by atoms with E-state index in [0.717, 1.165) is 12.8 Å². The Bertz CT molecular complexity index is 520. The molecule has 0 aromatic heterocycles. The molecule has 0 bridgehead atoms. The molecule has 0 aromatic carbocycles. The van der Waals surface area contributed by atoms with Crippen molar-refractivity contribution in [1.82, 2.24) is 0 Å². The van der Waals surface area contributed by atoms with Gasteiger partial charge < -0.3 is 4.74 Å². The first-order valence-electron chi connectivity index (χ1n) is 6.63. The molecule has 0 radical (unpaired) electrons. The number of allylic oxidation sites excluding steroid dienone is 3. The van der Waals surface area contributed by atoms with Crippen LogP contribution in [0, 0.1) is 5.92 Å². The Morgan fingerprint density at radius 2 is 1.63 bits per heavy atom. The Morgan fingerprint density at radius 3 is 2.21 bits per heavy atom. The summed E-state index contributed by atoms with van der Waals surface area (Å²) >= 11 is 0. The standard InChI is InChI=1S/C15H18O4/c1-8(2)11-14(18)12-9(13(17)15(11)19-3)6-4-5-7-10(12)16/h8H,4-7H2,1-3H3. The number of hydrogen-bond donors (Lipinski definition) is 0. The normalized spacial score (nSPS) is 20.9. The molecule has 2 rings (SSSR count). The van der Waals surface area contributed by atoms with Crippen molar-refractivity contribution >= 4 is 17.3 Å². The minimum Gasteiger partial charge on any atom is -0.492 e. The largest absolute Gasteiger partial charge is 0.492 e. The van der Waals surface area contributed by atoms with Gasteiger partial charge in [0.05, 0.1) is 12.7 Å². The van der Waals surface area contributed by atoms with Crippen molar-refractivity contribution in [3.63, 3.8) is 0 Å². The van der Waals surface area contributed by atoms with Gasteiger partial charge >= 0.3 is 0 Å². The molecule has 2 aliphatic rings. The third-order valence-electron chi connectivity index (χ3n) is 3.64.